The molecule has 7 heteroatoms. The Morgan fingerprint density at radius 2 is 1.72 bits per heavy atom. The molecule has 2 rings (SSSR count). The van der Waals surface area contributed by atoms with Gasteiger partial charge in [0.15, 0.2) is 5.82 Å². The fraction of sp³-hybridized carbons (Fsp3) is 0.455. The van der Waals surface area contributed by atoms with Crippen molar-refractivity contribution in [2.75, 3.05) is 13.1 Å². The minimum atomic E-state index is -3.73. The number of rotatable bonds is 2. The molecule has 0 saturated carbocycles. The van der Waals surface area contributed by atoms with Gasteiger partial charge in [0.1, 0.15) is 4.90 Å². The second kappa shape index (κ2) is 5.33. The summed E-state index contributed by atoms with van der Waals surface area (Å²) in [5.74, 6) is -0.892. The number of nitrogens with zero attached hydrogens (tertiary/aromatic N) is 1. The minimum absolute atomic E-state index is 0.183. The lowest BCUT2D eigenvalue weighted by Gasteiger charge is -2.26. The highest BCUT2D eigenvalue weighted by Gasteiger charge is 2.29. The van der Waals surface area contributed by atoms with Crippen molar-refractivity contribution < 1.29 is 12.8 Å². The van der Waals surface area contributed by atoms with Crippen molar-refractivity contribution >= 4 is 33.2 Å². The van der Waals surface area contributed by atoms with E-state index in [1.54, 1.807) is 0 Å². The minimum Gasteiger partial charge on any atom is -0.207 e. The first kappa shape index (κ1) is 14.1. The summed E-state index contributed by atoms with van der Waals surface area (Å²) in [6, 6.07) is 2.46. The third-order valence-electron chi connectivity index (χ3n) is 2.93. The molecule has 1 heterocycles. The molecule has 0 aromatic heterocycles. The largest absolute Gasteiger partial charge is 0.244 e. The van der Waals surface area contributed by atoms with Crippen molar-refractivity contribution in [1.29, 1.82) is 0 Å². The van der Waals surface area contributed by atoms with Gasteiger partial charge in [0.25, 0.3) is 0 Å². The van der Waals surface area contributed by atoms with Crippen LogP contribution in [0.4, 0.5) is 4.39 Å². The fourth-order valence-electron chi connectivity index (χ4n) is 1.95. The Hall–Kier alpha value is -0.360. The molecule has 1 fully saturated rings. The maximum atomic E-state index is 13.5. The van der Waals surface area contributed by atoms with Crippen LogP contribution in [-0.4, -0.2) is 25.8 Å². The molecule has 1 saturated heterocycles. The molecular weight excluding hydrogens is 300 g/mol. The van der Waals surface area contributed by atoms with Crippen LogP contribution in [0.1, 0.15) is 19.3 Å². The van der Waals surface area contributed by atoms with E-state index < -0.39 is 20.9 Å². The van der Waals surface area contributed by atoms with Crippen LogP contribution in [-0.2, 0) is 10.0 Å². The average Bonchev–Trinajstić information content (AvgIpc) is 2.37. The molecule has 0 unspecified atom stereocenters. The summed E-state index contributed by atoms with van der Waals surface area (Å²) >= 11 is 11.3. The zero-order valence-corrected chi connectivity index (χ0v) is 11.8. The standard InChI is InChI=1S/C11H12Cl2FNO2S/c12-8-4-5-9(10(13)11(8)14)18(16,17)15-6-2-1-3-7-15/h4-5H,1-3,6-7H2. The third kappa shape index (κ3) is 2.50. The molecular formula is C11H12Cl2FNO2S. The Balaban J connectivity index is 2.44. The van der Waals surface area contributed by atoms with Gasteiger partial charge < -0.3 is 0 Å². The van der Waals surface area contributed by atoms with Crippen LogP contribution in [0.15, 0.2) is 17.0 Å². The fourth-order valence-corrected chi connectivity index (χ4v) is 4.19. The molecule has 1 aromatic carbocycles. The van der Waals surface area contributed by atoms with Gasteiger partial charge in [0.05, 0.1) is 10.0 Å². The van der Waals surface area contributed by atoms with Crippen LogP contribution in [0.25, 0.3) is 0 Å². The number of sulfonamides is 1. The Labute approximate surface area is 116 Å². The monoisotopic (exact) mass is 311 g/mol. The molecule has 18 heavy (non-hydrogen) atoms. The maximum Gasteiger partial charge on any atom is 0.244 e. The van der Waals surface area contributed by atoms with Crippen molar-refractivity contribution in [3.05, 3.63) is 28.0 Å². The van der Waals surface area contributed by atoms with Gasteiger partial charge in [0, 0.05) is 13.1 Å². The highest BCUT2D eigenvalue weighted by Crippen LogP contribution is 2.32. The highest BCUT2D eigenvalue weighted by molar-refractivity contribution is 7.89. The zero-order chi connectivity index (χ0) is 13.3. The molecule has 0 aliphatic carbocycles. The molecule has 3 nitrogen and oxygen atoms in total. The number of piperidine rings is 1. The van der Waals surface area contributed by atoms with Gasteiger partial charge in [0.2, 0.25) is 10.0 Å². The normalized spacial score (nSPS) is 17.9. The van der Waals surface area contributed by atoms with Gasteiger partial charge in [-0.1, -0.05) is 29.6 Å². The van der Waals surface area contributed by atoms with Crippen molar-refractivity contribution in [2.45, 2.75) is 24.2 Å². The molecule has 1 aromatic rings. The second-order valence-electron chi connectivity index (χ2n) is 4.14. The van der Waals surface area contributed by atoms with Crippen LogP contribution in [0.3, 0.4) is 0 Å². The van der Waals surface area contributed by atoms with Crippen molar-refractivity contribution in [3.63, 3.8) is 0 Å². The van der Waals surface area contributed by atoms with E-state index in [4.69, 9.17) is 23.2 Å². The predicted octanol–water partition coefficient (Wildman–Crippen LogP) is 3.31. The Bertz CT molecular complexity index is 556. The molecule has 1 aliphatic heterocycles. The molecule has 0 amide bonds. The summed E-state index contributed by atoms with van der Waals surface area (Å²) < 4.78 is 39.5. The summed E-state index contributed by atoms with van der Waals surface area (Å²) in [6.45, 7) is 0.895. The van der Waals surface area contributed by atoms with Crippen molar-refractivity contribution in [1.82, 2.24) is 4.31 Å². The van der Waals surface area contributed by atoms with Gasteiger partial charge in [-0.25, -0.2) is 12.8 Å². The van der Waals surface area contributed by atoms with Crippen LogP contribution in [0.2, 0.25) is 10.0 Å². The SMILES string of the molecule is O=S(=O)(c1ccc(Cl)c(F)c1Cl)N1CCCCC1. The lowest BCUT2D eigenvalue weighted by molar-refractivity contribution is 0.346. The highest BCUT2D eigenvalue weighted by atomic mass is 35.5. The number of halogens is 3. The quantitative estimate of drug-likeness (QED) is 0.786. The van der Waals surface area contributed by atoms with Gasteiger partial charge in [-0.3, -0.25) is 0 Å². The summed E-state index contributed by atoms with van der Waals surface area (Å²) in [5, 5.41) is -0.620. The lowest BCUT2D eigenvalue weighted by atomic mass is 10.2. The number of benzene rings is 1. The Kier molecular flexibility index (Phi) is 4.16. The molecule has 0 N–H and O–H groups in total. The smallest absolute Gasteiger partial charge is 0.207 e. The van der Waals surface area contributed by atoms with E-state index >= 15 is 0 Å². The van der Waals surface area contributed by atoms with E-state index in [9.17, 15) is 12.8 Å². The topological polar surface area (TPSA) is 37.4 Å². The van der Waals surface area contributed by atoms with Crippen LogP contribution < -0.4 is 0 Å². The van der Waals surface area contributed by atoms with Gasteiger partial charge in [-0.2, -0.15) is 4.31 Å². The van der Waals surface area contributed by atoms with E-state index in [0.717, 1.165) is 19.3 Å². The zero-order valence-electron chi connectivity index (χ0n) is 9.50. The summed E-state index contributed by atoms with van der Waals surface area (Å²) in [4.78, 5) is -0.215. The van der Waals surface area contributed by atoms with E-state index in [-0.39, 0.29) is 9.92 Å². The summed E-state index contributed by atoms with van der Waals surface area (Å²) in [5.41, 5.74) is 0. The summed E-state index contributed by atoms with van der Waals surface area (Å²) in [6.07, 6.45) is 2.63. The van der Waals surface area contributed by atoms with Crippen LogP contribution >= 0.6 is 23.2 Å². The molecule has 0 spiro atoms. The average molecular weight is 312 g/mol. The number of hydrogen-bond acceptors (Lipinski definition) is 2. The van der Waals surface area contributed by atoms with Crippen LogP contribution in [0, 0.1) is 5.82 Å². The first-order chi connectivity index (χ1) is 8.44. The molecule has 1 aliphatic rings. The first-order valence-electron chi connectivity index (χ1n) is 5.58. The third-order valence-corrected chi connectivity index (χ3v) is 5.65. The maximum absolute atomic E-state index is 13.5. The molecule has 0 radical (unpaired) electrons. The van der Waals surface area contributed by atoms with Gasteiger partial charge in [-0.05, 0) is 25.0 Å². The van der Waals surface area contributed by atoms with E-state index in [2.05, 4.69) is 0 Å². The predicted molar refractivity (Wildman–Crippen MR) is 69.0 cm³/mol. The van der Waals surface area contributed by atoms with Crippen molar-refractivity contribution in [3.8, 4) is 0 Å². The van der Waals surface area contributed by atoms with Gasteiger partial charge >= 0.3 is 0 Å². The molecule has 0 atom stereocenters. The second-order valence-corrected chi connectivity index (χ2v) is 6.83. The summed E-state index contributed by atoms with van der Waals surface area (Å²) in [7, 11) is -3.73. The van der Waals surface area contributed by atoms with Gasteiger partial charge in [-0.15, -0.1) is 0 Å². The molecule has 0 bridgehead atoms. The molecule has 100 valence electrons. The first-order valence-corrected chi connectivity index (χ1v) is 7.78. The van der Waals surface area contributed by atoms with Crippen molar-refractivity contribution in [2.24, 2.45) is 0 Å². The van der Waals surface area contributed by atoms with E-state index in [0.29, 0.717) is 13.1 Å². The Morgan fingerprint density at radius 1 is 1.11 bits per heavy atom. The Morgan fingerprint density at radius 3 is 2.33 bits per heavy atom. The lowest BCUT2D eigenvalue weighted by Crippen LogP contribution is -2.35. The number of hydrogen-bond donors (Lipinski definition) is 0. The van der Waals surface area contributed by atoms with E-state index in [1.165, 1.54) is 16.4 Å². The van der Waals surface area contributed by atoms with Crippen LogP contribution in [0.5, 0.6) is 0 Å². The van der Waals surface area contributed by atoms with E-state index in [1.807, 2.05) is 0 Å².